The number of anilines is 1. The van der Waals surface area contributed by atoms with Gasteiger partial charge in [0, 0.05) is 41.5 Å². The number of halogens is 1. The highest BCUT2D eigenvalue weighted by Crippen LogP contribution is 2.34. The zero-order valence-corrected chi connectivity index (χ0v) is 20.4. The quantitative estimate of drug-likeness (QED) is 0.334. The van der Waals surface area contributed by atoms with Gasteiger partial charge in [0.2, 0.25) is 5.91 Å². The first-order chi connectivity index (χ1) is 16.9. The lowest BCUT2D eigenvalue weighted by Gasteiger charge is -2.20. The Bertz CT molecular complexity index is 1450. The minimum Gasteiger partial charge on any atom is -0.487 e. The lowest BCUT2D eigenvalue weighted by Crippen LogP contribution is -2.25. The summed E-state index contributed by atoms with van der Waals surface area (Å²) in [5, 5.41) is 1.66. The van der Waals surface area contributed by atoms with Crippen molar-refractivity contribution in [3.8, 4) is 5.75 Å². The Morgan fingerprint density at radius 1 is 1.09 bits per heavy atom. The smallest absolute Gasteiger partial charge is 0.223 e. The van der Waals surface area contributed by atoms with Crippen LogP contribution in [0.4, 0.5) is 5.69 Å². The van der Waals surface area contributed by atoms with Crippen molar-refractivity contribution in [1.29, 1.82) is 0 Å². The van der Waals surface area contributed by atoms with E-state index in [0.29, 0.717) is 35.8 Å². The van der Waals surface area contributed by atoms with Crippen molar-refractivity contribution in [3.05, 3.63) is 100 Å². The van der Waals surface area contributed by atoms with E-state index < -0.39 is 0 Å². The van der Waals surface area contributed by atoms with Crippen LogP contribution < -0.4 is 9.64 Å². The summed E-state index contributed by atoms with van der Waals surface area (Å²) in [7, 11) is 1.76. The number of para-hydroxylation sites is 1. The van der Waals surface area contributed by atoms with Gasteiger partial charge in [-0.3, -0.25) is 9.59 Å². The van der Waals surface area contributed by atoms with Crippen LogP contribution in [0.15, 0.2) is 72.8 Å². The van der Waals surface area contributed by atoms with Crippen LogP contribution in [0.2, 0.25) is 5.02 Å². The number of rotatable bonds is 6. The van der Waals surface area contributed by atoms with E-state index in [1.165, 1.54) is 6.92 Å². The number of carbonyl (C=O) groups excluding carboxylic acids is 2. The normalized spacial score (nSPS) is 14.7. The molecule has 6 heteroatoms. The lowest BCUT2D eigenvalue weighted by atomic mass is 9.94. The van der Waals surface area contributed by atoms with E-state index in [-0.39, 0.29) is 17.6 Å². The van der Waals surface area contributed by atoms with Crippen LogP contribution in [0, 0.1) is 5.92 Å². The Morgan fingerprint density at radius 2 is 1.89 bits per heavy atom. The number of hydrogen-bond donors (Lipinski definition) is 0. The molecule has 5 rings (SSSR count). The number of benzene rings is 3. The zero-order chi connectivity index (χ0) is 24.5. The van der Waals surface area contributed by atoms with E-state index in [1.807, 2.05) is 72.8 Å². The number of carbonyl (C=O) groups is 2. The Kier molecular flexibility index (Phi) is 6.27. The number of nitrogens with zero attached hydrogens (tertiary/aromatic N) is 2. The first-order valence-electron chi connectivity index (χ1n) is 11.6. The van der Waals surface area contributed by atoms with Gasteiger partial charge >= 0.3 is 0 Å². The SMILES string of the molecule is CC(=O)N(C)c1ccccc1CC1Cc2ccc(OCc3ccc4ccc(Cl)cc4n3)cc2C1=O. The summed E-state index contributed by atoms with van der Waals surface area (Å²) in [6.07, 6.45) is 1.26. The molecule has 0 saturated heterocycles. The van der Waals surface area contributed by atoms with Gasteiger partial charge in [0.1, 0.15) is 12.4 Å². The molecule has 35 heavy (non-hydrogen) atoms. The molecule has 0 spiro atoms. The van der Waals surface area contributed by atoms with Crippen molar-refractivity contribution in [1.82, 2.24) is 4.98 Å². The molecule has 1 aromatic heterocycles. The third kappa shape index (κ3) is 4.77. The monoisotopic (exact) mass is 484 g/mol. The summed E-state index contributed by atoms with van der Waals surface area (Å²) >= 11 is 6.09. The summed E-state index contributed by atoms with van der Waals surface area (Å²) in [5.74, 6) is 0.560. The third-order valence-electron chi connectivity index (χ3n) is 6.57. The first kappa shape index (κ1) is 23.1. The standard InChI is InChI=1S/C29H25ClN2O3/c1-18(33)32(2)28-6-4-3-5-21(28)14-22-13-20-9-12-25(16-26(20)29(22)34)35-17-24-11-8-19-7-10-23(30)15-27(19)31-24/h3-12,15-16,22H,13-14,17H2,1-2H3. The summed E-state index contributed by atoms with van der Waals surface area (Å²) in [6.45, 7) is 1.83. The summed E-state index contributed by atoms with van der Waals surface area (Å²) in [4.78, 5) is 31.4. The molecule has 1 atom stereocenters. The molecule has 5 nitrogen and oxygen atoms in total. The van der Waals surface area contributed by atoms with Crippen molar-refractivity contribution in [2.45, 2.75) is 26.4 Å². The second-order valence-electron chi connectivity index (χ2n) is 8.92. The van der Waals surface area contributed by atoms with Crippen LogP contribution >= 0.6 is 11.6 Å². The average molecular weight is 485 g/mol. The number of amides is 1. The number of hydrogen-bond acceptors (Lipinski definition) is 4. The highest BCUT2D eigenvalue weighted by atomic mass is 35.5. The summed E-state index contributed by atoms with van der Waals surface area (Å²) in [6, 6.07) is 23.0. The maximum absolute atomic E-state index is 13.3. The number of fused-ring (bicyclic) bond motifs is 2. The van der Waals surface area contributed by atoms with Gasteiger partial charge < -0.3 is 9.64 Å². The second kappa shape index (κ2) is 9.51. The van der Waals surface area contributed by atoms with Gasteiger partial charge in [-0.05, 0) is 60.4 Å². The van der Waals surface area contributed by atoms with Crippen LogP contribution in [0.3, 0.4) is 0 Å². The molecule has 1 unspecified atom stereocenters. The molecule has 0 N–H and O–H groups in total. The van der Waals surface area contributed by atoms with Crippen LogP contribution in [0.25, 0.3) is 10.9 Å². The van der Waals surface area contributed by atoms with Gasteiger partial charge in [-0.2, -0.15) is 0 Å². The number of ether oxygens (including phenoxy) is 1. The molecule has 0 saturated carbocycles. The van der Waals surface area contributed by atoms with Gasteiger partial charge in [-0.15, -0.1) is 0 Å². The molecular formula is C29H25ClN2O3. The lowest BCUT2D eigenvalue weighted by molar-refractivity contribution is -0.116. The van der Waals surface area contributed by atoms with E-state index in [4.69, 9.17) is 16.3 Å². The van der Waals surface area contributed by atoms with Gasteiger partial charge in [0.05, 0.1) is 11.2 Å². The number of pyridine rings is 1. The summed E-state index contributed by atoms with van der Waals surface area (Å²) < 4.78 is 5.98. The van der Waals surface area contributed by atoms with E-state index >= 15 is 0 Å². The predicted octanol–water partition coefficient (Wildman–Crippen LogP) is 6.05. The van der Waals surface area contributed by atoms with Crippen LogP contribution in [0.5, 0.6) is 5.75 Å². The van der Waals surface area contributed by atoms with E-state index in [2.05, 4.69) is 4.98 Å². The number of aromatic nitrogens is 1. The molecule has 1 heterocycles. The second-order valence-corrected chi connectivity index (χ2v) is 9.36. The van der Waals surface area contributed by atoms with Gasteiger partial charge in [-0.1, -0.05) is 48.0 Å². The van der Waals surface area contributed by atoms with E-state index in [9.17, 15) is 9.59 Å². The highest BCUT2D eigenvalue weighted by molar-refractivity contribution is 6.31. The molecule has 1 amide bonds. The summed E-state index contributed by atoms with van der Waals surface area (Å²) in [5.41, 5.74) is 5.19. The predicted molar refractivity (Wildman–Crippen MR) is 138 cm³/mol. The fourth-order valence-corrected chi connectivity index (χ4v) is 4.78. The van der Waals surface area contributed by atoms with Gasteiger partial charge in [0.25, 0.3) is 0 Å². The van der Waals surface area contributed by atoms with Crippen molar-refractivity contribution >= 4 is 39.9 Å². The van der Waals surface area contributed by atoms with Crippen LogP contribution in [-0.2, 0) is 24.2 Å². The van der Waals surface area contributed by atoms with Crippen molar-refractivity contribution in [3.63, 3.8) is 0 Å². The molecule has 4 aromatic rings. The maximum atomic E-state index is 13.3. The fraction of sp³-hybridized carbons (Fsp3) is 0.207. The molecule has 1 aliphatic carbocycles. The molecule has 0 bridgehead atoms. The first-order valence-corrected chi connectivity index (χ1v) is 11.9. The molecule has 1 aliphatic rings. The topological polar surface area (TPSA) is 59.5 Å². The van der Waals surface area contributed by atoms with Crippen molar-refractivity contribution in [2.24, 2.45) is 5.92 Å². The maximum Gasteiger partial charge on any atom is 0.223 e. The van der Waals surface area contributed by atoms with E-state index in [0.717, 1.165) is 33.4 Å². The minimum absolute atomic E-state index is 0.0377. The molecular weight excluding hydrogens is 460 g/mol. The Hall–Kier alpha value is -3.70. The Labute approximate surface area is 209 Å². The molecule has 3 aromatic carbocycles. The van der Waals surface area contributed by atoms with E-state index in [1.54, 1.807) is 11.9 Å². The molecule has 0 aliphatic heterocycles. The Morgan fingerprint density at radius 3 is 2.71 bits per heavy atom. The zero-order valence-electron chi connectivity index (χ0n) is 19.6. The average Bonchev–Trinajstić information content (AvgIpc) is 3.16. The Balaban J connectivity index is 1.30. The number of ketones is 1. The molecule has 0 fully saturated rings. The van der Waals surface area contributed by atoms with Crippen molar-refractivity contribution < 1.29 is 14.3 Å². The van der Waals surface area contributed by atoms with Gasteiger partial charge in [-0.25, -0.2) is 4.98 Å². The third-order valence-corrected chi connectivity index (χ3v) is 6.81. The number of Topliss-reactive ketones (excluding diaryl/α,β-unsaturated/α-hetero) is 1. The highest BCUT2D eigenvalue weighted by Gasteiger charge is 2.31. The fourth-order valence-electron chi connectivity index (χ4n) is 4.61. The molecule has 176 valence electrons. The minimum atomic E-state index is -0.159. The molecule has 0 radical (unpaired) electrons. The van der Waals surface area contributed by atoms with Crippen molar-refractivity contribution in [2.75, 3.05) is 11.9 Å². The van der Waals surface area contributed by atoms with Gasteiger partial charge in [0.15, 0.2) is 5.78 Å². The van der Waals surface area contributed by atoms with Crippen LogP contribution in [0.1, 0.15) is 34.1 Å². The largest absolute Gasteiger partial charge is 0.487 e. The van der Waals surface area contributed by atoms with Crippen LogP contribution in [-0.4, -0.2) is 23.7 Å².